The van der Waals surface area contributed by atoms with Crippen molar-refractivity contribution < 1.29 is 14.3 Å². The Morgan fingerprint density at radius 3 is 2.34 bits per heavy atom. The Morgan fingerprint density at radius 2 is 1.72 bits per heavy atom. The van der Waals surface area contributed by atoms with Crippen molar-refractivity contribution in [2.75, 3.05) is 6.61 Å². The molecule has 1 unspecified atom stereocenters. The van der Waals surface area contributed by atoms with Gasteiger partial charge in [0.05, 0.1) is 18.2 Å². The number of benzene rings is 2. The van der Waals surface area contributed by atoms with E-state index < -0.39 is 11.9 Å². The molecular weight excluding hydrogens is 430 g/mol. The van der Waals surface area contributed by atoms with Crippen LogP contribution < -0.4 is 0 Å². The molecule has 0 bridgehead atoms. The van der Waals surface area contributed by atoms with Gasteiger partial charge in [0.2, 0.25) is 0 Å². The van der Waals surface area contributed by atoms with Crippen LogP contribution in [0.3, 0.4) is 0 Å². The lowest BCUT2D eigenvalue weighted by molar-refractivity contribution is 0.0518. The van der Waals surface area contributed by atoms with E-state index in [1.165, 1.54) is 0 Å². The maximum Gasteiger partial charge on any atom is 0.356 e. The number of nitrogens with zero attached hydrogens (tertiary/aromatic N) is 1. The van der Waals surface area contributed by atoms with E-state index in [1.807, 2.05) is 56.3 Å². The fourth-order valence-electron chi connectivity index (χ4n) is 3.29. The lowest BCUT2D eigenvalue weighted by Gasteiger charge is -2.19. The molecular formula is C24H22BrNO3. The van der Waals surface area contributed by atoms with Gasteiger partial charge in [0.25, 0.3) is 0 Å². The molecule has 3 aromatic rings. The van der Waals surface area contributed by atoms with Crippen molar-refractivity contribution in [2.45, 2.75) is 26.7 Å². The van der Waals surface area contributed by atoms with E-state index in [1.54, 1.807) is 25.1 Å². The van der Waals surface area contributed by atoms with Gasteiger partial charge in [-0.25, -0.2) is 9.78 Å². The fourth-order valence-corrected chi connectivity index (χ4v) is 3.55. The topological polar surface area (TPSA) is 56.3 Å². The van der Waals surface area contributed by atoms with Gasteiger partial charge in [0.1, 0.15) is 5.69 Å². The van der Waals surface area contributed by atoms with Gasteiger partial charge in [0.15, 0.2) is 5.78 Å². The predicted molar refractivity (Wildman–Crippen MR) is 117 cm³/mol. The molecule has 0 amide bonds. The average Bonchev–Trinajstić information content (AvgIpc) is 2.73. The summed E-state index contributed by atoms with van der Waals surface area (Å²) >= 11 is 3.39. The zero-order valence-corrected chi connectivity index (χ0v) is 18.2. The van der Waals surface area contributed by atoms with Crippen LogP contribution in [-0.4, -0.2) is 23.3 Å². The van der Waals surface area contributed by atoms with E-state index in [0.717, 1.165) is 21.2 Å². The third-order valence-electron chi connectivity index (χ3n) is 4.72. The minimum Gasteiger partial charge on any atom is -0.461 e. The number of ketones is 1. The van der Waals surface area contributed by atoms with Crippen molar-refractivity contribution in [2.24, 2.45) is 0 Å². The third-order valence-corrected chi connectivity index (χ3v) is 5.25. The number of hydrogen-bond donors (Lipinski definition) is 0. The Bertz CT molecular complexity index is 1030. The molecule has 0 aliphatic heterocycles. The van der Waals surface area contributed by atoms with Gasteiger partial charge in [0, 0.05) is 15.6 Å². The molecule has 148 valence electrons. The van der Waals surface area contributed by atoms with Crippen molar-refractivity contribution in [1.82, 2.24) is 4.98 Å². The Kier molecular flexibility index (Phi) is 6.60. The van der Waals surface area contributed by atoms with Crippen LogP contribution in [0, 0.1) is 6.92 Å². The molecule has 5 heteroatoms. The quantitative estimate of drug-likeness (QED) is 0.341. The monoisotopic (exact) mass is 451 g/mol. The van der Waals surface area contributed by atoms with Crippen LogP contribution in [-0.2, 0) is 4.74 Å². The maximum atomic E-state index is 13.2. The van der Waals surface area contributed by atoms with E-state index in [9.17, 15) is 9.59 Å². The van der Waals surface area contributed by atoms with Gasteiger partial charge in [-0.1, -0.05) is 58.4 Å². The second-order valence-electron chi connectivity index (χ2n) is 6.76. The zero-order valence-electron chi connectivity index (χ0n) is 16.6. The van der Waals surface area contributed by atoms with Crippen LogP contribution in [0.1, 0.15) is 51.9 Å². The molecule has 0 saturated carbocycles. The van der Waals surface area contributed by atoms with Gasteiger partial charge < -0.3 is 4.74 Å². The van der Waals surface area contributed by atoms with E-state index in [0.29, 0.717) is 11.3 Å². The first-order valence-corrected chi connectivity index (χ1v) is 10.3. The summed E-state index contributed by atoms with van der Waals surface area (Å²) in [4.78, 5) is 30.1. The summed E-state index contributed by atoms with van der Waals surface area (Å²) in [6.07, 6.45) is 0. The third kappa shape index (κ3) is 4.62. The molecule has 1 heterocycles. The highest BCUT2D eigenvalue weighted by atomic mass is 79.9. The number of ether oxygens (including phenoxy) is 1. The van der Waals surface area contributed by atoms with Gasteiger partial charge in [-0.15, -0.1) is 0 Å². The Morgan fingerprint density at radius 1 is 1.07 bits per heavy atom. The molecule has 0 aliphatic rings. The lowest BCUT2D eigenvalue weighted by Crippen LogP contribution is -2.16. The molecule has 0 spiro atoms. The van der Waals surface area contributed by atoms with E-state index in [-0.39, 0.29) is 18.1 Å². The van der Waals surface area contributed by atoms with E-state index >= 15 is 0 Å². The average molecular weight is 452 g/mol. The Hall–Kier alpha value is -2.79. The number of Topliss-reactive ketones (excluding diaryl/α,β-unsaturated/α-hetero) is 1. The van der Waals surface area contributed by atoms with Crippen LogP contribution in [0.15, 0.2) is 65.1 Å². The molecule has 0 aliphatic carbocycles. The van der Waals surface area contributed by atoms with Crippen molar-refractivity contribution in [3.63, 3.8) is 0 Å². The largest absolute Gasteiger partial charge is 0.461 e. The van der Waals surface area contributed by atoms with Crippen molar-refractivity contribution in [3.05, 3.63) is 87.7 Å². The molecule has 4 nitrogen and oxygen atoms in total. The molecule has 3 rings (SSSR count). The number of aromatic nitrogens is 1. The number of pyridine rings is 1. The van der Waals surface area contributed by atoms with Crippen LogP contribution in [0.25, 0.3) is 11.1 Å². The van der Waals surface area contributed by atoms with Gasteiger partial charge in [-0.2, -0.15) is 0 Å². The number of carbonyl (C=O) groups excluding carboxylic acids is 2. The van der Waals surface area contributed by atoms with Gasteiger partial charge in [-0.3, -0.25) is 4.79 Å². The number of halogens is 1. The highest BCUT2D eigenvalue weighted by molar-refractivity contribution is 9.10. The SMILES string of the molecule is CCOC(=O)c1cc(C)c(-c2ccccc2)c(C(C)C(=O)c2ccc(Br)cc2)n1. The summed E-state index contributed by atoms with van der Waals surface area (Å²) in [7, 11) is 0. The van der Waals surface area contributed by atoms with Crippen molar-refractivity contribution in [1.29, 1.82) is 0 Å². The second kappa shape index (κ2) is 9.14. The lowest BCUT2D eigenvalue weighted by atomic mass is 9.88. The number of rotatable bonds is 6. The second-order valence-corrected chi connectivity index (χ2v) is 7.68. The van der Waals surface area contributed by atoms with Gasteiger partial charge >= 0.3 is 5.97 Å². The molecule has 0 fully saturated rings. The maximum absolute atomic E-state index is 13.2. The van der Waals surface area contributed by atoms with Crippen molar-refractivity contribution in [3.8, 4) is 11.1 Å². The normalized spacial score (nSPS) is 11.7. The zero-order chi connectivity index (χ0) is 21.0. The molecule has 0 saturated heterocycles. The Balaban J connectivity index is 2.14. The summed E-state index contributed by atoms with van der Waals surface area (Å²) in [5.74, 6) is -1.07. The summed E-state index contributed by atoms with van der Waals surface area (Å²) in [5.41, 5.74) is 4.09. The smallest absolute Gasteiger partial charge is 0.356 e. The van der Waals surface area contributed by atoms with Crippen LogP contribution >= 0.6 is 15.9 Å². The standard InChI is InChI=1S/C24H22BrNO3/c1-4-29-24(28)20-14-15(2)21(17-8-6-5-7-9-17)22(26-20)16(3)23(27)18-10-12-19(25)13-11-18/h5-14,16H,4H2,1-3H3. The predicted octanol–water partition coefficient (Wildman–Crippen LogP) is 5.98. The minimum absolute atomic E-state index is 0.0532. The summed E-state index contributed by atoms with van der Waals surface area (Å²) < 4.78 is 6.04. The first kappa shape index (κ1) is 20.9. The summed E-state index contributed by atoms with van der Waals surface area (Å²) in [6, 6.07) is 18.8. The summed E-state index contributed by atoms with van der Waals surface area (Å²) in [5, 5.41) is 0. The molecule has 2 aromatic carbocycles. The number of carbonyl (C=O) groups is 2. The van der Waals surface area contributed by atoms with Crippen LogP contribution in [0.4, 0.5) is 0 Å². The first-order valence-electron chi connectivity index (χ1n) is 9.46. The number of hydrogen-bond acceptors (Lipinski definition) is 4. The highest BCUT2D eigenvalue weighted by Crippen LogP contribution is 2.33. The molecule has 0 radical (unpaired) electrons. The molecule has 29 heavy (non-hydrogen) atoms. The van der Waals surface area contributed by atoms with Gasteiger partial charge in [-0.05, 0) is 50.1 Å². The molecule has 1 aromatic heterocycles. The van der Waals surface area contributed by atoms with E-state index in [4.69, 9.17) is 4.74 Å². The number of aryl methyl sites for hydroxylation is 1. The summed E-state index contributed by atoms with van der Waals surface area (Å²) in [6.45, 7) is 5.77. The van der Waals surface area contributed by atoms with Crippen molar-refractivity contribution >= 4 is 27.7 Å². The first-order chi connectivity index (χ1) is 13.9. The minimum atomic E-state index is -0.528. The van der Waals surface area contributed by atoms with Crippen LogP contribution in [0.2, 0.25) is 0 Å². The van der Waals surface area contributed by atoms with Crippen LogP contribution in [0.5, 0.6) is 0 Å². The van der Waals surface area contributed by atoms with E-state index in [2.05, 4.69) is 20.9 Å². The Labute approximate surface area is 179 Å². The fraction of sp³-hybridized carbons (Fsp3) is 0.208. The molecule has 0 N–H and O–H groups in total. The molecule has 1 atom stereocenters. The number of esters is 1. The highest BCUT2D eigenvalue weighted by Gasteiger charge is 2.25.